The maximum Gasteiger partial charge on any atom is 0.243 e. The zero-order valence-electron chi connectivity index (χ0n) is 13.5. The Morgan fingerprint density at radius 3 is 3.12 bits per heavy atom. The zero-order valence-corrected chi connectivity index (χ0v) is 14.4. The molecule has 128 valence electrons. The highest BCUT2D eigenvalue weighted by Gasteiger charge is 2.52. The van der Waals surface area contributed by atoms with Crippen LogP contribution in [0.2, 0.25) is 0 Å². The van der Waals surface area contributed by atoms with Gasteiger partial charge in [0.2, 0.25) is 18.6 Å². The van der Waals surface area contributed by atoms with Crippen LogP contribution in [0, 0.1) is 0 Å². The van der Waals surface area contributed by atoms with Crippen LogP contribution in [0.5, 0.6) is 11.5 Å². The third-order valence-corrected chi connectivity index (χ3v) is 6.40. The molecule has 0 saturated carbocycles. The molecule has 0 bridgehead atoms. The van der Waals surface area contributed by atoms with E-state index in [0.717, 1.165) is 23.5 Å². The van der Waals surface area contributed by atoms with Crippen molar-refractivity contribution < 1.29 is 19.1 Å². The zero-order chi connectivity index (χ0) is 16.7. The molecule has 0 radical (unpaired) electrons. The molecule has 3 aliphatic heterocycles. The number of hydrogen-bond acceptors (Lipinski definition) is 5. The number of thioether (sulfide) groups is 1. The van der Waals surface area contributed by atoms with Crippen LogP contribution in [0.4, 0.5) is 0 Å². The molecule has 0 aromatic heterocycles. The summed E-state index contributed by atoms with van der Waals surface area (Å²) in [5.74, 6) is 2.24. The van der Waals surface area contributed by atoms with Crippen LogP contribution >= 0.6 is 11.8 Å². The van der Waals surface area contributed by atoms with Crippen molar-refractivity contribution in [3.63, 3.8) is 0 Å². The van der Waals surface area contributed by atoms with Gasteiger partial charge >= 0.3 is 0 Å². The van der Waals surface area contributed by atoms with E-state index in [1.807, 2.05) is 18.2 Å². The number of carbonyl (C=O) groups excluding carboxylic acids is 2. The minimum atomic E-state index is -0.341. The van der Waals surface area contributed by atoms with Crippen LogP contribution in [0.3, 0.4) is 0 Å². The Bertz CT molecular complexity index is 695. The molecule has 2 saturated heterocycles. The molecule has 6 nitrogen and oxygen atoms in total. The van der Waals surface area contributed by atoms with Crippen molar-refractivity contribution in [1.82, 2.24) is 10.2 Å². The molecule has 2 atom stereocenters. The van der Waals surface area contributed by atoms with E-state index in [1.54, 1.807) is 16.7 Å². The molecule has 1 aromatic rings. The van der Waals surface area contributed by atoms with Crippen LogP contribution < -0.4 is 14.8 Å². The van der Waals surface area contributed by atoms with Crippen molar-refractivity contribution in [1.29, 1.82) is 0 Å². The van der Waals surface area contributed by atoms with Gasteiger partial charge < -0.3 is 19.7 Å². The minimum absolute atomic E-state index is 0.0535. The maximum atomic E-state index is 12.5. The number of ether oxygens (including phenoxy) is 2. The second-order valence-corrected chi connectivity index (χ2v) is 8.00. The van der Waals surface area contributed by atoms with Gasteiger partial charge in [0.1, 0.15) is 6.04 Å². The van der Waals surface area contributed by atoms with E-state index < -0.39 is 0 Å². The molecular formula is C17H20N2O4S. The van der Waals surface area contributed by atoms with Gasteiger partial charge in [-0.2, -0.15) is 0 Å². The normalized spacial score (nSPS) is 27.5. The van der Waals surface area contributed by atoms with Gasteiger partial charge in [0.15, 0.2) is 11.5 Å². The topological polar surface area (TPSA) is 67.9 Å². The molecule has 2 fully saturated rings. The average Bonchev–Trinajstić information content (AvgIpc) is 3.23. The Morgan fingerprint density at radius 2 is 2.25 bits per heavy atom. The summed E-state index contributed by atoms with van der Waals surface area (Å²) >= 11 is 1.71. The summed E-state index contributed by atoms with van der Waals surface area (Å²) in [7, 11) is 0. The molecule has 24 heavy (non-hydrogen) atoms. The second-order valence-electron chi connectivity index (χ2n) is 6.49. The van der Waals surface area contributed by atoms with Gasteiger partial charge in [-0.25, -0.2) is 0 Å². The summed E-state index contributed by atoms with van der Waals surface area (Å²) in [5, 5.41) is 2.97. The third kappa shape index (κ3) is 2.60. The van der Waals surface area contributed by atoms with Gasteiger partial charge in [0.05, 0.1) is 4.87 Å². The highest BCUT2D eigenvalue weighted by Crippen LogP contribution is 2.47. The Labute approximate surface area is 144 Å². The molecule has 4 rings (SSSR count). The van der Waals surface area contributed by atoms with Gasteiger partial charge in [-0.15, -0.1) is 11.8 Å². The van der Waals surface area contributed by atoms with Crippen molar-refractivity contribution in [3.05, 3.63) is 23.8 Å². The first-order valence-corrected chi connectivity index (χ1v) is 9.18. The Kier molecular flexibility index (Phi) is 3.83. The Morgan fingerprint density at radius 1 is 1.42 bits per heavy atom. The molecule has 0 spiro atoms. The molecule has 1 N–H and O–H groups in total. The standard InChI is InChI=1S/C17H20N2O4S/c1-17-6-4-15(20)19(17)12(9-24-17)16(21)18-7-5-11-2-3-13-14(8-11)23-10-22-13/h2-3,8,12H,4-7,9-10H2,1H3,(H,18,21). The van der Waals surface area contributed by atoms with Crippen LogP contribution in [0.25, 0.3) is 0 Å². The van der Waals surface area contributed by atoms with Gasteiger partial charge in [-0.3, -0.25) is 9.59 Å². The first-order valence-electron chi connectivity index (χ1n) is 8.19. The van der Waals surface area contributed by atoms with E-state index >= 15 is 0 Å². The quantitative estimate of drug-likeness (QED) is 0.894. The van der Waals surface area contributed by atoms with E-state index in [-0.39, 0.29) is 29.5 Å². The Balaban J connectivity index is 1.33. The van der Waals surface area contributed by atoms with Crippen LogP contribution in [0.1, 0.15) is 25.3 Å². The molecule has 1 aromatic carbocycles. The summed E-state index contributed by atoms with van der Waals surface area (Å²) in [6.45, 7) is 2.86. The summed E-state index contributed by atoms with van der Waals surface area (Å²) in [6, 6.07) is 5.47. The number of fused-ring (bicyclic) bond motifs is 2. The molecule has 2 unspecified atom stereocenters. The van der Waals surface area contributed by atoms with E-state index in [1.165, 1.54) is 0 Å². The number of benzene rings is 1. The van der Waals surface area contributed by atoms with Gasteiger partial charge in [0.25, 0.3) is 0 Å². The lowest BCUT2D eigenvalue weighted by Crippen LogP contribution is -2.50. The lowest BCUT2D eigenvalue weighted by Gasteiger charge is -2.29. The van der Waals surface area contributed by atoms with Crippen molar-refractivity contribution in [2.45, 2.75) is 37.1 Å². The van der Waals surface area contributed by atoms with Crippen molar-refractivity contribution in [3.8, 4) is 11.5 Å². The molecule has 3 aliphatic rings. The fraction of sp³-hybridized carbons (Fsp3) is 0.529. The molecule has 0 aliphatic carbocycles. The van der Waals surface area contributed by atoms with E-state index in [0.29, 0.717) is 25.1 Å². The van der Waals surface area contributed by atoms with E-state index in [2.05, 4.69) is 12.2 Å². The van der Waals surface area contributed by atoms with Crippen LogP contribution in [0.15, 0.2) is 18.2 Å². The fourth-order valence-electron chi connectivity index (χ4n) is 3.56. The third-order valence-electron chi connectivity index (χ3n) is 4.90. The van der Waals surface area contributed by atoms with E-state index in [4.69, 9.17) is 9.47 Å². The highest BCUT2D eigenvalue weighted by atomic mass is 32.2. The molecule has 3 heterocycles. The van der Waals surface area contributed by atoms with Crippen molar-refractivity contribution >= 4 is 23.6 Å². The Hall–Kier alpha value is -1.89. The summed E-state index contributed by atoms with van der Waals surface area (Å²) in [5.41, 5.74) is 1.09. The number of rotatable bonds is 4. The number of amides is 2. The maximum absolute atomic E-state index is 12.5. The van der Waals surface area contributed by atoms with Crippen molar-refractivity contribution in [2.24, 2.45) is 0 Å². The smallest absolute Gasteiger partial charge is 0.243 e. The minimum Gasteiger partial charge on any atom is -0.454 e. The fourth-order valence-corrected chi connectivity index (χ4v) is 4.99. The predicted molar refractivity (Wildman–Crippen MR) is 90.0 cm³/mol. The summed E-state index contributed by atoms with van der Waals surface area (Å²) < 4.78 is 10.7. The lowest BCUT2D eigenvalue weighted by atomic mass is 10.1. The average molecular weight is 348 g/mol. The number of carbonyl (C=O) groups is 2. The van der Waals surface area contributed by atoms with Gasteiger partial charge in [-0.1, -0.05) is 6.07 Å². The second kappa shape index (κ2) is 5.88. The summed E-state index contributed by atoms with van der Waals surface area (Å²) in [6.07, 6.45) is 2.09. The number of nitrogens with zero attached hydrogens (tertiary/aromatic N) is 1. The highest BCUT2D eigenvalue weighted by molar-refractivity contribution is 8.01. The summed E-state index contributed by atoms with van der Waals surface area (Å²) in [4.78, 5) is 26.2. The van der Waals surface area contributed by atoms with Gasteiger partial charge in [0, 0.05) is 18.7 Å². The van der Waals surface area contributed by atoms with Gasteiger partial charge in [-0.05, 0) is 37.5 Å². The monoisotopic (exact) mass is 348 g/mol. The lowest BCUT2D eigenvalue weighted by molar-refractivity contribution is -0.137. The van der Waals surface area contributed by atoms with Crippen LogP contribution in [-0.2, 0) is 16.0 Å². The first kappa shape index (κ1) is 15.6. The number of nitrogens with one attached hydrogen (secondary N) is 1. The largest absolute Gasteiger partial charge is 0.454 e. The van der Waals surface area contributed by atoms with E-state index in [9.17, 15) is 9.59 Å². The molecule has 2 amide bonds. The molecular weight excluding hydrogens is 328 g/mol. The predicted octanol–water partition coefficient (Wildman–Crippen LogP) is 1.53. The first-order chi connectivity index (χ1) is 11.6. The van der Waals surface area contributed by atoms with Crippen LogP contribution in [-0.4, -0.2) is 46.7 Å². The number of hydrogen-bond donors (Lipinski definition) is 1. The van der Waals surface area contributed by atoms with Crippen molar-refractivity contribution in [2.75, 3.05) is 19.1 Å². The SMILES string of the molecule is CC12CCC(=O)N1C(C(=O)NCCc1ccc3c(c1)OCO3)CS2. The molecule has 7 heteroatoms.